The van der Waals surface area contributed by atoms with Gasteiger partial charge in [0.15, 0.2) is 17.3 Å². The Bertz CT molecular complexity index is 1850. The molecule has 0 radical (unpaired) electrons. The number of rotatable bonds is 4. The fourth-order valence-electron chi connectivity index (χ4n) is 4.38. The van der Waals surface area contributed by atoms with E-state index in [1.54, 1.807) is 0 Å². The summed E-state index contributed by atoms with van der Waals surface area (Å²) >= 11 is 0. The second-order valence-electron chi connectivity index (χ2n) is 9.03. The average Bonchev–Trinajstić information content (AvgIpc) is 2.90. The average molecular weight is 577 g/mol. The van der Waals surface area contributed by atoms with Gasteiger partial charge >= 0.3 is 12.1 Å². The van der Waals surface area contributed by atoms with Crippen LogP contribution in [0.4, 0.5) is 18.9 Å². The Labute approximate surface area is 223 Å². The van der Waals surface area contributed by atoms with Crippen LogP contribution in [0.25, 0.3) is 22.3 Å². The lowest BCUT2D eigenvalue weighted by atomic mass is 10.00. The van der Waals surface area contributed by atoms with Gasteiger partial charge in [-0.05, 0) is 66.1 Å². The molecule has 2 heterocycles. The van der Waals surface area contributed by atoms with Crippen LogP contribution >= 0.6 is 0 Å². The van der Waals surface area contributed by atoms with Crippen LogP contribution in [0, 0.1) is 0 Å². The van der Waals surface area contributed by atoms with Gasteiger partial charge in [0, 0.05) is 24.3 Å². The molecule has 0 atom stereocenters. The predicted molar refractivity (Wildman–Crippen MR) is 135 cm³/mol. The lowest BCUT2D eigenvalue weighted by Gasteiger charge is -2.29. The molecule has 14 heteroatoms. The Morgan fingerprint density at radius 2 is 1.70 bits per heavy atom. The van der Waals surface area contributed by atoms with Crippen molar-refractivity contribution < 1.29 is 46.1 Å². The molecule has 3 aromatic carbocycles. The topological polar surface area (TPSA) is 157 Å². The molecule has 0 saturated carbocycles. The van der Waals surface area contributed by atoms with Crippen LogP contribution in [0.2, 0.25) is 0 Å². The zero-order valence-electron chi connectivity index (χ0n) is 20.2. The number of aromatic hydroxyl groups is 3. The van der Waals surface area contributed by atoms with Gasteiger partial charge in [-0.3, -0.25) is 14.3 Å². The maximum Gasteiger partial charge on any atom is 0.471 e. The Morgan fingerprint density at radius 3 is 2.40 bits per heavy atom. The summed E-state index contributed by atoms with van der Waals surface area (Å²) < 4.78 is 72.6. The molecule has 1 amide bonds. The first-order chi connectivity index (χ1) is 18.7. The molecular weight excluding hydrogens is 557 g/mol. The maximum atomic E-state index is 13.1. The minimum Gasteiger partial charge on any atom is -0.504 e. The standard InChI is InChI=1S/C26H19F3N2O8S/c27-26(28,29)25(36)31-8-7-13-1-4-17(9-15(13)12-31)40(37,38)30-16-3-6-21-18(11-16)22(34)23(35)24(39-21)14-2-5-19(32)20(33)10-14/h1-6,9-11,30,32-33,35H,7-8,12H2. The van der Waals surface area contributed by atoms with Gasteiger partial charge in [-0.15, -0.1) is 0 Å². The van der Waals surface area contributed by atoms with Gasteiger partial charge < -0.3 is 24.6 Å². The summed E-state index contributed by atoms with van der Waals surface area (Å²) in [7, 11) is -4.29. The number of carbonyl (C=O) groups excluding carboxylic acids is 1. The van der Waals surface area contributed by atoms with E-state index in [-0.39, 0.29) is 51.4 Å². The van der Waals surface area contributed by atoms with Crippen molar-refractivity contribution in [1.29, 1.82) is 0 Å². The lowest BCUT2D eigenvalue weighted by molar-refractivity contribution is -0.186. The summed E-state index contributed by atoms with van der Waals surface area (Å²) in [6.45, 7) is -0.563. The summed E-state index contributed by atoms with van der Waals surface area (Å²) in [5.74, 6) is -4.03. The largest absolute Gasteiger partial charge is 0.504 e. The van der Waals surface area contributed by atoms with Crippen molar-refractivity contribution in [2.24, 2.45) is 0 Å². The van der Waals surface area contributed by atoms with Gasteiger partial charge in [-0.1, -0.05) is 6.07 Å². The summed E-state index contributed by atoms with van der Waals surface area (Å²) in [4.78, 5) is 24.8. The molecular formula is C26H19F3N2O8S. The number of anilines is 1. The van der Waals surface area contributed by atoms with Crippen molar-refractivity contribution in [3.05, 3.63) is 75.9 Å². The maximum absolute atomic E-state index is 13.1. The molecule has 10 nitrogen and oxygen atoms in total. The van der Waals surface area contributed by atoms with Crippen LogP contribution in [0.5, 0.6) is 17.2 Å². The van der Waals surface area contributed by atoms with Crippen molar-refractivity contribution in [2.75, 3.05) is 11.3 Å². The van der Waals surface area contributed by atoms with E-state index < -0.39 is 51.3 Å². The minimum atomic E-state index is -5.05. The molecule has 4 N–H and O–H groups in total. The molecule has 4 aromatic rings. The number of nitrogens with one attached hydrogen (secondary N) is 1. The first-order valence-corrected chi connectivity index (χ1v) is 13.1. The quantitative estimate of drug-likeness (QED) is 0.267. The summed E-state index contributed by atoms with van der Waals surface area (Å²) in [6.07, 6.45) is -4.92. The van der Waals surface area contributed by atoms with Crippen LogP contribution in [0.3, 0.4) is 0 Å². The SMILES string of the molecule is O=C(N1CCc2ccc(S(=O)(=O)Nc3ccc4oc(-c5ccc(O)c(O)c5)c(O)c(=O)c4c3)cc2C1)C(F)(F)F. The molecule has 0 spiro atoms. The number of sulfonamides is 1. The van der Waals surface area contributed by atoms with E-state index in [1.165, 1.54) is 36.4 Å². The summed E-state index contributed by atoms with van der Waals surface area (Å²) in [5, 5.41) is 29.5. The van der Waals surface area contributed by atoms with Crippen LogP contribution in [-0.4, -0.2) is 47.3 Å². The van der Waals surface area contributed by atoms with Crippen molar-refractivity contribution in [2.45, 2.75) is 24.0 Å². The molecule has 5 rings (SSSR count). The fourth-order valence-corrected chi connectivity index (χ4v) is 5.48. The van der Waals surface area contributed by atoms with E-state index in [9.17, 15) is 46.5 Å². The highest BCUT2D eigenvalue weighted by molar-refractivity contribution is 7.92. The Hall–Kier alpha value is -4.72. The number of benzene rings is 3. The predicted octanol–water partition coefficient (Wildman–Crippen LogP) is 3.82. The van der Waals surface area contributed by atoms with Crippen molar-refractivity contribution >= 4 is 32.6 Å². The van der Waals surface area contributed by atoms with Gasteiger partial charge in [0.25, 0.3) is 10.0 Å². The highest BCUT2D eigenvalue weighted by Crippen LogP contribution is 2.36. The normalized spacial score (nSPS) is 13.7. The molecule has 1 aliphatic heterocycles. The first-order valence-electron chi connectivity index (χ1n) is 11.6. The zero-order chi connectivity index (χ0) is 29.0. The second-order valence-corrected chi connectivity index (χ2v) is 10.7. The molecule has 40 heavy (non-hydrogen) atoms. The van der Waals surface area contributed by atoms with Crippen LogP contribution in [-0.2, 0) is 27.8 Å². The Morgan fingerprint density at radius 1 is 0.950 bits per heavy atom. The Kier molecular flexibility index (Phi) is 6.37. The number of hydrogen-bond acceptors (Lipinski definition) is 8. The lowest BCUT2D eigenvalue weighted by Crippen LogP contribution is -2.43. The van der Waals surface area contributed by atoms with E-state index in [0.717, 1.165) is 18.2 Å². The molecule has 0 bridgehead atoms. The van der Waals surface area contributed by atoms with E-state index >= 15 is 0 Å². The number of carbonyl (C=O) groups is 1. The number of amides is 1. The first kappa shape index (κ1) is 26.9. The van der Waals surface area contributed by atoms with Crippen molar-refractivity contribution in [3.63, 3.8) is 0 Å². The highest BCUT2D eigenvalue weighted by Gasteiger charge is 2.43. The number of phenolic OH excluding ortho intramolecular Hbond substituents is 2. The monoisotopic (exact) mass is 576 g/mol. The number of nitrogens with zero attached hydrogens (tertiary/aromatic N) is 1. The number of halogens is 3. The third-order valence-electron chi connectivity index (χ3n) is 6.39. The third-order valence-corrected chi connectivity index (χ3v) is 7.77. The van der Waals surface area contributed by atoms with Crippen molar-refractivity contribution in [1.82, 2.24) is 4.90 Å². The van der Waals surface area contributed by atoms with Crippen LogP contribution in [0.15, 0.2) is 68.7 Å². The Balaban J connectivity index is 1.44. The second kappa shape index (κ2) is 9.48. The number of hydrogen-bond donors (Lipinski definition) is 4. The van der Waals surface area contributed by atoms with Gasteiger partial charge in [-0.2, -0.15) is 13.2 Å². The molecule has 0 aliphatic carbocycles. The summed E-state index contributed by atoms with van der Waals surface area (Å²) in [6, 6.07) is 11.2. The number of alkyl halides is 3. The fraction of sp³-hybridized carbons (Fsp3) is 0.154. The van der Waals surface area contributed by atoms with Gasteiger partial charge in [0.1, 0.15) is 5.58 Å². The molecule has 1 aromatic heterocycles. The minimum absolute atomic E-state index is 0.0171. The number of fused-ring (bicyclic) bond motifs is 2. The van der Waals surface area contributed by atoms with Gasteiger partial charge in [0.2, 0.25) is 11.2 Å². The van der Waals surface area contributed by atoms with Crippen molar-refractivity contribution in [3.8, 4) is 28.6 Å². The zero-order valence-corrected chi connectivity index (χ0v) is 21.0. The van der Waals surface area contributed by atoms with E-state index in [4.69, 9.17) is 4.42 Å². The van der Waals surface area contributed by atoms with E-state index in [1.807, 2.05) is 0 Å². The van der Waals surface area contributed by atoms with E-state index in [0.29, 0.717) is 10.5 Å². The van der Waals surface area contributed by atoms with E-state index in [2.05, 4.69) is 4.72 Å². The van der Waals surface area contributed by atoms with Gasteiger partial charge in [-0.25, -0.2) is 8.42 Å². The molecule has 0 unspecified atom stereocenters. The molecule has 0 fully saturated rings. The molecule has 208 valence electrons. The smallest absolute Gasteiger partial charge is 0.471 e. The highest BCUT2D eigenvalue weighted by atomic mass is 32.2. The van der Waals surface area contributed by atoms with Gasteiger partial charge in [0.05, 0.1) is 10.3 Å². The van der Waals surface area contributed by atoms with Crippen LogP contribution in [0.1, 0.15) is 11.1 Å². The third kappa shape index (κ3) is 4.88. The summed E-state index contributed by atoms with van der Waals surface area (Å²) in [5.41, 5.74) is -0.0183. The molecule has 1 aliphatic rings. The molecule has 0 saturated heterocycles. The van der Waals surface area contributed by atoms with Crippen LogP contribution < -0.4 is 10.2 Å². The number of phenols is 2.